The Balaban J connectivity index is 1.99. The molecule has 0 spiro atoms. The van der Waals surface area contributed by atoms with E-state index in [1.54, 1.807) is 11.8 Å². The number of anilines is 1. The molecule has 0 bridgehead atoms. The minimum Gasteiger partial charge on any atom is -0.388 e. The van der Waals surface area contributed by atoms with Gasteiger partial charge in [0.2, 0.25) is 0 Å². The molecule has 1 saturated carbocycles. The van der Waals surface area contributed by atoms with E-state index < -0.39 is 5.60 Å². The van der Waals surface area contributed by atoms with Crippen molar-refractivity contribution < 1.29 is 5.11 Å². The fraction of sp³-hybridized carbons (Fsp3) is 0.571. The zero-order valence-corrected chi connectivity index (χ0v) is 12.2. The molecule has 19 heavy (non-hydrogen) atoms. The lowest BCUT2D eigenvalue weighted by Crippen LogP contribution is -2.49. The van der Waals surface area contributed by atoms with Crippen molar-refractivity contribution in [3.8, 4) is 0 Å². The van der Waals surface area contributed by atoms with Gasteiger partial charge in [-0.05, 0) is 32.4 Å². The van der Waals surface area contributed by atoms with Gasteiger partial charge in [0.1, 0.15) is 5.82 Å². The van der Waals surface area contributed by atoms with Crippen LogP contribution >= 0.6 is 11.8 Å². The molecule has 1 N–H and O–H groups in total. The number of thioether (sulfide) groups is 1. The molecule has 0 aromatic carbocycles. The highest BCUT2D eigenvalue weighted by Gasteiger charge is 2.41. The third-order valence-corrected chi connectivity index (χ3v) is 4.64. The van der Waals surface area contributed by atoms with E-state index in [1.165, 1.54) is 0 Å². The summed E-state index contributed by atoms with van der Waals surface area (Å²) in [6.45, 7) is 2.76. The Kier molecular flexibility index (Phi) is 3.27. The number of nitrogens with zero attached hydrogens (tertiary/aromatic N) is 3. The first-order valence-corrected chi connectivity index (χ1v) is 7.91. The SMILES string of the molecule is CSc1ncc2c(n1)N(C1CCCC1(C)O)CC=C2. The summed E-state index contributed by atoms with van der Waals surface area (Å²) >= 11 is 1.55. The molecule has 0 amide bonds. The second kappa shape index (κ2) is 4.80. The van der Waals surface area contributed by atoms with Crippen molar-refractivity contribution in [1.29, 1.82) is 0 Å². The first-order chi connectivity index (χ1) is 9.12. The maximum Gasteiger partial charge on any atom is 0.189 e. The second-order valence-electron chi connectivity index (χ2n) is 5.46. The van der Waals surface area contributed by atoms with Crippen molar-refractivity contribution in [2.75, 3.05) is 17.7 Å². The third-order valence-electron chi connectivity index (χ3n) is 4.08. The van der Waals surface area contributed by atoms with Crippen LogP contribution in [0.3, 0.4) is 0 Å². The number of aliphatic hydroxyl groups is 1. The van der Waals surface area contributed by atoms with Gasteiger partial charge in [-0.15, -0.1) is 0 Å². The molecule has 5 heteroatoms. The van der Waals surface area contributed by atoms with Crippen molar-refractivity contribution in [2.45, 2.75) is 43.0 Å². The van der Waals surface area contributed by atoms with E-state index in [4.69, 9.17) is 0 Å². The van der Waals surface area contributed by atoms with E-state index in [-0.39, 0.29) is 6.04 Å². The Bertz CT molecular complexity index is 515. The molecule has 2 unspecified atom stereocenters. The summed E-state index contributed by atoms with van der Waals surface area (Å²) in [6, 6.07) is 0.154. The van der Waals surface area contributed by atoms with Gasteiger partial charge >= 0.3 is 0 Å². The standard InChI is InChI=1S/C14H19N3OS/c1-14(18)7-3-6-11(14)17-8-4-5-10-9-15-13(19-2)16-12(10)17/h4-5,9,11,18H,3,6-8H2,1-2H3. The highest BCUT2D eigenvalue weighted by atomic mass is 32.2. The smallest absolute Gasteiger partial charge is 0.189 e. The van der Waals surface area contributed by atoms with Crippen LogP contribution in [0.5, 0.6) is 0 Å². The summed E-state index contributed by atoms with van der Waals surface area (Å²) in [5, 5.41) is 11.3. The van der Waals surface area contributed by atoms with Gasteiger partial charge in [0.15, 0.2) is 5.16 Å². The summed E-state index contributed by atoms with van der Waals surface area (Å²) in [4.78, 5) is 11.2. The van der Waals surface area contributed by atoms with Crippen molar-refractivity contribution in [3.63, 3.8) is 0 Å². The number of aromatic nitrogens is 2. The molecule has 1 aromatic heterocycles. The normalized spacial score (nSPS) is 29.6. The predicted molar refractivity (Wildman–Crippen MR) is 78.5 cm³/mol. The van der Waals surface area contributed by atoms with Crippen LogP contribution in [0.25, 0.3) is 6.08 Å². The zero-order valence-electron chi connectivity index (χ0n) is 11.3. The van der Waals surface area contributed by atoms with Gasteiger partial charge in [-0.25, -0.2) is 9.97 Å². The number of hydrogen-bond donors (Lipinski definition) is 1. The quantitative estimate of drug-likeness (QED) is 0.664. The van der Waals surface area contributed by atoms with E-state index in [0.29, 0.717) is 0 Å². The maximum absolute atomic E-state index is 10.5. The monoisotopic (exact) mass is 277 g/mol. The van der Waals surface area contributed by atoms with E-state index in [2.05, 4.69) is 27.0 Å². The highest BCUT2D eigenvalue weighted by Crippen LogP contribution is 2.38. The van der Waals surface area contributed by atoms with E-state index in [9.17, 15) is 5.11 Å². The molecule has 1 aromatic rings. The van der Waals surface area contributed by atoms with Gasteiger partial charge in [0, 0.05) is 18.3 Å². The lowest BCUT2D eigenvalue weighted by molar-refractivity contribution is 0.0492. The first-order valence-electron chi connectivity index (χ1n) is 6.68. The average molecular weight is 277 g/mol. The number of hydrogen-bond acceptors (Lipinski definition) is 5. The zero-order chi connectivity index (χ0) is 13.5. The Morgan fingerprint density at radius 2 is 2.37 bits per heavy atom. The molecular formula is C14H19N3OS. The minimum atomic E-state index is -0.618. The fourth-order valence-corrected chi connectivity index (χ4v) is 3.43. The molecule has 2 heterocycles. The highest BCUT2D eigenvalue weighted by molar-refractivity contribution is 7.98. The summed E-state index contributed by atoms with van der Waals surface area (Å²) in [7, 11) is 0. The minimum absolute atomic E-state index is 0.154. The van der Waals surface area contributed by atoms with Gasteiger partial charge in [-0.2, -0.15) is 0 Å². The molecular weight excluding hydrogens is 258 g/mol. The lowest BCUT2D eigenvalue weighted by Gasteiger charge is -2.38. The van der Waals surface area contributed by atoms with Crippen LogP contribution in [0.1, 0.15) is 31.7 Å². The van der Waals surface area contributed by atoms with Gasteiger partial charge < -0.3 is 10.0 Å². The fourth-order valence-electron chi connectivity index (χ4n) is 3.09. The van der Waals surface area contributed by atoms with E-state index in [0.717, 1.165) is 42.3 Å². The third kappa shape index (κ3) is 2.25. The molecule has 1 fully saturated rings. The summed E-state index contributed by atoms with van der Waals surface area (Å²) in [5.41, 5.74) is 0.430. The molecule has 2 aliphatic rings. The van der Waals surface area contributed by atoms with Crippen LogP contribution in [-0.4, -0.2) is 39.5 Å². The van der Waals surface area contributed by atoms with Crippen LogP contribution < -0.4 is 4.90 Å². The molecule has 1 aliphatic heterocycles. The summed E-state index contributed by atoms with van der Waals surface area (Å²) in [5.74, 6) is 0.967. The van der Waals surface area contributed by atoms with Gasteiger partial charge in [0.05, 0.1) is 11.6 Å². The van der Waals surface area contributed by atoms with Crippen molar-refractivity contribution >= 4 is 23.7 Å². The van der Waals surface area contributed by atoms with Gasteiger partial charge in [0.25, 0.3) is 0 Å². The second-order valence-corrected chi connectivity index (χ2v) is 6.23. The molecule has 0 radical (unpaired) electrons. The summed E-state index contributed by atoms with van der Waals surface area (Å²) < 4.78 is 0. The average Bonchev–Trinajstić information content (AvgIpc) is 2.77. The first kappa shape index (κ1) is 12.9. The van der Waals surface area contributed by atoms with Crippen molar-refractivity contribution in [2.24, 2.45) is 0 Å². The Morgan fingerprint density at radius 1 is 1.53 bits per heavy atom. The van der Waals surface area contributed by atoms with Crippen LogP contribution in [0.2, 0.25) is 0 Å². The topological polar surface area (TPSA) is 49.2 Å². The van der Waals surface area contributed by atoms with Crippen molar-refractivity contribution in [1.82, 2.24) is 9.97 Å². The van der Waals surface area contributed by atoms with E-state index >= 15 is 0 Å². The van der Waals surface area contributed by atoms with E-state index in [1.807, 2.05) is 19.4 Å². The molecule has 4 nitrogen and oxygen atoms in total. The van der Waals surface area contributed by atoms with Crippen LogP contribution in [0, 0.1) is 0 Å². The Morgan fingerprint density at radius 3 is 3.05 bits per heavy atom. The number of fused-ring (bicyclic) bond motifs is 1. The predicted octanol–water partition coefficient (Wildman–Crippen LogP) is 2.34. The molecule has 0 saturated heterocycles. The van der Waals surface area contributed by atoms with Gasteiger partial charge in [-0.1, -0.05) is 23.9 Å². The summed E-state index contributed by atoms with van der Waals surface area (Å²) in [6.07, 6.45) is 11.0. The Hall–Kier alpha value is -1.07. The molecule has 1 aliphatic carbocycles. The largest absolute Gasteiger partial charge is 0.388 e. The van der Waals surface area contributed by atoms with Crippen LogP contribution in [0.4, 0.5) is 5.82 Å². The molecule has 2 atom stereocenters. The molecule has 102 valence electrons. The van der Waals surface area contributed by atoms with Crippen LogP contribution in [0.15, 0.2) is 17.4 Å². The number of rotatable bonds is 2. The van der Waals surface area contributed by atoms with Crippen LogP contribution in [-0.2, 0) is 0 Å². The molecule has 3 rings (SSSR count). The lowest BCUT2D eigenvalue weighted by atomic mass is 9.97. The maximum atomic E-state index is 10.5. The van der Waals surface area contributed by atoms with Gasteiger partial charge in [-0.3, -0.25) is 0 Å². The Labute approximate surface area is 117 Å². The van der Waals surface area contributed by atoms with Crippen molar-refractivity contribution in [3.05, 3.63) is 17.8 Å².